The molecule has 0 atom stereocenters. The van der Waals surface area contributed by atoms with Gasteiger partial charge in [0, 0.05) is 35.4 Å². The Morgan fingerprint density at radius 2 is 1.68 bits per heavy atom. The fourth-order valence-corrected chi connectivity index (χ4v) is 3.23. The normalized spacial score (nSPS) is 13.1. The molecule has 1 aromatic carbocycles. The van der Waals surface area contributed by atoms with Crippen molar-refractivity contribution in [2.24, 2.45) is 0 Å². The molecule has 0 fully saturated rings. The maximum absolute atomic E-state index is 4.41. The lowest BCUT2D eigenvalue weighted by molar-refractivity contribution is 0.834. The van der Waals surface area contributed by atoms with E-state index < -0.39 is 0 Å². The van der Waals surface area contributed by atoms with Crippen molar-refractivity contribution in [3.8, 4) is 22.3 Å². The summed E-state index contributed by atoms with van der Waals surface area (Å²) in [7, 11) is 0. The van der Waals surface area contributed by atoms with Crippen LogP contribution >= 0.6 is 0 Å². The second-order valence-corrected chi connectivity index (χ2v) is 5.95. The number of aromatic nitrogens is 2. The van der Waals surface area contributed by atoms with Crippen LogP contribution in [-0.2, 0) is 12.8 Å². The molecule has 0 aliphatic heterocycles. The predicted octanol–water partition coefficient (Wildman–Crippen LogP) is 4.61. The molecule has 0 saturated carbocycles. The first kappa shape index (κ1) is 13.2. The van der Waals surface area contributed by atoms with Crippen LogP contribution in [0.3, 0.4) is 0 Å². The van der Waals surface area contributed by atoms with Crippen molar-refractivity contribution < 1.29 is 0 Å². The Morgan fingerprint density at radius 1 is 0.818 bits per heavy atom. The summed E-state index contributed by atoms with van der Waals surface area (Å²) in [6, 6.07) is 13.1. The van der Waals surface area contributed by atoms with Crippen molar-refractivity contribution in [2.75, 3.05) is 0 Å². The molecule has 0 saturated heterocycles. The largest absolute Gasteiger partial charge is 0.264 e. The number of nitrogens with zero attached hydrogens (tertiary/aromatic N) is 2. The lowest BCUT2D eigenvalue weighted by Gasteiger charge is -2.11. The van der Waals surface area contributed by atoms with Gasteiger partial charge in [-0.15, -0.1) is 0 Å². The van der Waals surface area contributed by atoms with Gasteiger partial charge in [0.25, 0.3) is 0 Å². The van der Waals surface area contributed by atoms with Crippen LogP contribution in [0.2, 0.25) is 0 Å². The fraction of sp³-hybridized carbons (Fsp3) is 0.200. The number of fused-ring (bicyclic) bond motifs is 3. The first-order chi connectivity index (χ1) is 10.8. The summed E-state index contributed by atoms with van der Waals surface area (Å²) in [5.74, 6) is 0. The van der Waals surface area contributed by atoms with Crippen molar-refractivity contribution in [1.29, 1.82) is 0 Å². The van der Waals surface area contributed by atoms with Gasteiger partial charge in [0.1, 0.15) is 0 Å². The highest BCUT2D eigenvalue weighted by Gasteiger charge is 2.15. The van der Waals surface area contributed by atoms with Gasteiger partial charge < -0.3 is 0 Å². The van der Waals surface area contributed by atoms with E-state index in [9.17, 15) is 0 Å². The molecule has 0 radical (unpaired) electrons. The highest BCUT2D eigenvalue weighted by molar-refractivity contribution is 5.75. The van der Waals surface area contributed by atoms with Crippen molar-refractivity contribution in [1.82, 2.24) is 9.97 Å². The van der Waals surface area contributed by atoms with Gasteiger partial charge in [0.05, 0.1) is 0 Å². The second kappa shape index (κ2) is 5.38. The van der Waals surface area contributed by atoms with E-state index in [2.05, 4.69) is 46.4 Å². The van der Waals surface area contributed by atoms with Crippen LogP contribution in [0.25, 0.3) is 22.3 Å². The smallest absolute Gasteiger partial charge is 0.0373 e. The third-order valence-electron chi connectivity index (χ3n) is 4.44. The first-order valence-electron chi connectivity index (χ1n) is 7.80. The molecule has 1 aliphatic rings. The summed E-state index contributed by atoms with van der Waals surface area (Å²) in [6.07, 6.45) is 9.32. The van der Waals surface area contributed by atoms with Crippen molar-refractivity contribution in [3.05, 3.63) is 71.8 Å². The average Bonchev–Trinajstić information content (AvgIpc) is 2.74. The Hall–Kier alpha value is -2.48. The van der Waals surface area contributed by atoms with E-state index in [0.29, 0.717) is 0 Å². The van der Waals surface area contributed by atoms with Gasteiger partial charge in [-0.05, 0) is 60.6 Å². The lowest BCUT2D eigenvalue weighted by Crippen LogP contribution is -1.91. The number of benzene rings is 1. The maximum atomic E-state index is 4.41. The molecule has 4 rings (SSSR count). The molecule has 2 aromatic heterocycles. The summed E-state index contributed by atoms with van der Waals surface area (Å²) < 4.78 is 0. The molecule has 0 spiro atoms. The van der Waals surface area contributed by atoms with Crippen molar-refractivity contribution in [2.45, 2.75) is 26.2 Å². The number of hydrogen-bond acceptors (Lipinski definition) is 2. The van der Waals surface area contributed by atoms with Gasteiger partial charge in [0.2, 0.25) is 0 Å². The third-order valence-corrected chi connectivity index (χ3v) is 4.44. The molecule has 0 bridgehead atoms. The Labute approximate surface area is 130 Å². The number of pyridine rings is 2. The Morgan fingerprint density at radius 3 is 2.55 bits per heavy atom. The zero-order chi connectivity index (χ0) is 14.9. The number of rotatable bonds is 1. The standard InChI is InChI=1S/C20H18N2/c1-14-5-6-18(12-22-14)16-7-8-19-17(11-16)4-2-3-15-9-10-21-13-20(15)19/h5-13H,2-4H2,1H3. The Kier molecular flexibility index (Phi) is 3.23. The van der Waals surface area contributed by atoms with E-state index >= 15 is 0 Å². The van der Waals surface area contributed by atoms with Crippen LogP contribution in [0, 0.1) is 6.92 Å². The van der Waals surface area contributed by atoms with Crippen LogP contribution in [0.4, 0.5) is 0 Å². The van der Waals surface area contributed by atoms with Crippen LogP contribution < -0.4 is 0 Å². The SMILES string of the molecule is Cc1ccc(-c2ccc3c(c2)CCCc2ccncc2-3)cn1. The zero-order valence-corrected chi connectivity index (χ0v) is 12.7. The molecule has 2 heteroatoms. The highest BCUT2D eigenvalue weighted by atomic mass is 14.7. The van der Waals surface area contributed by atoms with Gasteiger partial charge in [0.15, 0.2) is 0 Å². The van der Waals surface area contributed by atoms with E-state index in [1.54, 1.807) is 0 Å². The summed E-state index contributed by atoms with van der Waals surface area (Å²) in [4.78, 5) is 8.73. The van der Waals surface area contributed by atoms with E-state index in [-0.39, 0.29) is 0 Å². The number of aryl methyl sites for hydroxylation is 3. The third kappa shape index (κ3) is 2.31. The van der Waals surface area contributed by atoms with Crippen molar-refractivity contribution >= 4 is 0 Å². The molecular weight excluding hydrogens is 268 g/mol. The summed E-state index contributed by atoms with van der Waals surface area (Å²) in [5, 5.41) is 0. The average molecular weight is 286 g/mol. The minimum absolute atomic E-state index is 1.05. The molecule has 2 heterocycles. The van der Waals surface area contributed by atoms with Gasteiger partial charge in [-0.2, -0.15) is 0 Å². The van der Waals surface area contributed by atoms with Crippen LogP contribution in [-0.4, -0.2) is 9.97 Å². The lowest BCUT2D eigenvalue weighted by atomic mass is 9.95. The Bertz CT molecular complexity index is 819. The summed E-state index contributed by atoms with van der Waals surface area (Å²) in [5.41, 5.74) is 8.96. The second-order valence-electron chi connectivity index (χ2n) is 5.95. The van der Waals surface area contributed by atoms with Gasteiger partial charge in [-0.25, -0.2) is 0 Å². The molecular formula is C20H18N2. The van der Waals surface area contributed by atoms with E-state index in [0.717, 1.165) is 18.5 Å². The molecule has 2 nitrogen and oxygen atoms in total. The minimum atomic E-state index is 1.05. The molecule has 0 amide bonds. The highest BCUT2D eigenvalue weighted by Crippen LogP contribution is 2.34. The minimum Gasteiger partial charge on any atom is -0.264 e. The predicted molar refractivity (Wildman–Crippen MR) is 89.7 cm³/mol. The van der Waals surface area contributed by atoms with E-state index in [1.165, 1.54) is 39.8 Å². The van der Waals surface area contributed by atoms with Crippen molar-refractivity contribution in [3.63, 3.8) is 0 Å². The Balaban J connectivity index is 1.83. The van der Waals surface area contributed by atoms with Crippen LogP contribution in [0.1, 0.15) is 23.2 Å². The molecule has 3 aromatic rings. The first-order valence-corrected chi connectivity index (χ1v) is 7.80. The molecule has 0 N–H and O–H groups in total. The molecule has 22 heavy (non-hydrogen) atoms. The van der Waals surface area contributed by atoms with Gasteiger partial charge >= 0.3 is 0 Å². The van der Waals surface area contributed by atoms with E-state index in [1.807, 2.05) is 25.5 Å². The molecule has 108 valence electrons. The number of hydrogen-bond donors (Lipinski definition) is 0. The van der Waals surface area contributed by atoms with E-state index in [4.69, 9.17) is 0 Å². The molecule has 0 unspecified atom stereocenters. The quantitative estimate of drug-likeness (QED) is 0.653. The van der Waals surface area contributed by atoms with Crippen LogP contribution in [0.5, 0.6) is 0 Å². The topological polar surface area (TPSA) is 25.8 Å². The fourth-order valence-electron chi connectivity index (χ4n) is 3.23. The monoisotopic (exact) mass is 286 g/mol. The maximum Gasteiger partial charge on any atom is 0.0373 e. The van der Waals surface area contributed by atoms with Gasteiger partial charge in [-0.1, -0.05) is 24.3 Å². The summed E-state index contributed by atoms with van der Waals surface area (Å²) >= 11 is 0. The zero-order valence-electron chi connectivity index (χ0n) is 12.7. The van der Waals surface area contributed by atoms with Gasteiger partial charge in [-0.3, -0.25) is 9.97 Å². The summed E-state index contributed by atoms with van der Waals surface area (Å²) in [6.45, 7) is 2.02. The van der Waals surface area contributed by atoms with Crippen LogP contribution in [0.15, 0.2) is 55.0 Å². The molecule has 1 aliphatic carbocycles.